The Balaban J connectivity index is 2.29. The third kappa shape index (κ3) is 3.47. The summed E-state index contributed by atoms with van der Waals surface area (Å²) in [6, 6.07) is 0.191. The van der Waals surface area contributed by atoms with Crippen molar-refractivity contribution < 1.29 is 0 Å². The first-order valence-corrected chi connectivity index (χ1v) is 7.87. The Kier molecular flexibility index (Phi) is 5.42. The highest BCUT2D eigenvalue weighted by molar-refractivity contribution is 6.31. The van der Waals surface area contributed by atoms with E-state index in [-0.39, 0.29) is 6.04 Å². The van der Waals surface area contributed by atoms with Gasteiger partial charge in [-0.05, 0) is 26.8 Å². The van der Waals surface area contributed by atoms with Crippen LogP contribution in [0.3, 0.4) is 0 Å². The summed E-state index contributed by atoms with van der Waals surface area (Å²) >= 11 is 6.44. The maximum Gasteiger partial charge on any atom is 0.0946 e. The molecule has 1 unspecified atom stereocenters. The van der Waals surface area contributed by atoms with Crippen molar-refractivity contribution in [2.75, 3.05) is 6.54 Å². The van der Waals surface area contributed by atoms with Gasteiger partial charge in [-0.3, -0.25) is 4.68 Å². The highest BCUT2D eigenvalue weighted by Gasteiger charge is 2.20. The van der Waals surface area contributed by atoms with Crippen molar-refractivity contribution in [3.63, 3.8) is 0 Å². The van der Waals surface area contributed by atoms with Crippen LogP contribution in [-0.2, 0) is 20.0 Å². The van der Waals surface area contributed by atoms with E-state index in [0.29, 0.717) is 0 Å². The highest BCUT2D eigenvalue weighted by Crippen LogP contribution is 2.26. The average molecular weight is 310 g/mol. The molecule has 1 atom stereocenters. The molecule has 0 fully saturated rings. The van der Waals surface area contributed by atoms with Crippen molar-refractivity contribution in [3.05, 3.63) is 34.6 Å². The molecule has 0 aliphatic rings. The van der Waals surface area contributed by atoms with Gasteiger partial charge in [0.25, 0.3) is 0 Å². The van der Waals surface area contributed by atoms with E-state index in [2.05, 4.69) is 33.8 Å². The van der Waals surface area contributed by atoms with Crippen LogP contribution in [0.5, 0.6) is 0 Å². The van der Waals surface area contributed by atoms with E-state index >= 15 is 0 Å². The molecule has 0 aliphatic heterocycles. The van der Waals surface area contributed by atoms with Crippen LogP contribution >= 0.6 is 11.6 Å². The standard InChI is InChI=1S/C15H24ClN5/c1-5-7-18-12(14-9-17-10-20(14)4)8-13-15(16)11(3)19-21(13)6-2/h9-10,12,18H,5-8H2,1-4H3. The van der Waals surface area contributed by atoms with Crippen LogP contribution in [-0.4, -0.2) is 25.9 Å². The van der Waals surface area contributed by atoms with Gasteiger partial charge in [-0.1, -0.05) is 18.5 Å². The Morgan fingerprint density at radius 2 is 2.14 bits per heavy atom. The summed E-state index contributed by atoms with van der Waals surface area (Å²) < 4.78 is 4.05. The maximum atomic E-state index is 6.44. The molecule has 0 aliphatic carbocycles. The average Bonchev–Trinajstić information content (AvgIpc) is 3.01. The van der Waals surface area contributed by atoms with Crippen molar-refractivity contribution in [2.24, 2.45) is 7.05 Å². The number of aryl methyl sites for hydroxylation is 3. The first-order chi connectivity index (χ1) is 10.1. The summed E-state index contributed by atoms with van der Waals surface area (Å²) in [5.41, 5.74) is 3.15. The fourth-order valence-electron chi connectivity index (χ4n) is 2.56. The fraction of sp³-hybridized carbons (Fsp3) is 0.600. The molecule has 2 rings (SSSR count). The maximum absolute atomic E-state index is 6.44. The highest BCUT2D eigenvalue weighted by atomic mass is 35.5. The molecule has 0 radical (unpaired) electrons. The lowest BCUT2D eigenvalue weighted by Gasteiger charge is -2.19. The molecule has 2 aromatic rings. The van der Waals surface area contributed by atoms with Gasteiger partial charge in [0.15, 0.2) is 0 Å². The molecule has 0 saturated carbocycles. The van der Waals surface area contributed by atoms with Gasteiger partial charge in [0.1, 0.15) is 0 Å². The SMILES string of the molecule is CCCNC(Cc1c(Cl)c(C)nn1CC)c1cncn1C. The van der Waals surface area contributed by atoms with Crippen LogP contribution in [0.15, 0.2) is 12.5 Å². The number of hydrogen-bond acceptors (Lipinski definition) is 3. The number of hydrogen-bond donors (Lipinski definition) is 1. The Bertz CT molecular complexity index is 587. The minimum Gasteiger partial charge on any atom is -0.336 e. The van der Waals surface area contributed by atoms with Crippen LogP contribution in [0.2, 0.25) is 5.02 Å². The van der Waals surface area contributed by atoms with Gasteiger partial charge in [0, 0.05) is 26.2 Å². The van der Waals surface area contributed by atoms with Crippen molar-refractivity contribution in [3.8, 4) is 0 Å². The van der Waals surface area contributed by atoms with Crippen molar-refractivity contribution >= 4 is 11.6 Å². The van der Waals surface area contributed by atoms with Gasteiger partial charge in [-0.25, -0.2) is 4.98 Å². The molecule has 0 spiro atoms. The van der Waals surface area contributed by atoms with Crippen LogP contribution < -0.4 is 5.32 Å². The summed E-state index contributed by atoms with van der Waals surface area (Å²) in [7, 11) is 2.02. The minimum atomic E-state index is 0.191. The second-order valence-electron chi connectivity index (χ2n) is 5.30. The molecule has 6 heteroatoms. The van der Waals surface area contributed by atoms with Crippen LogP contribution in [0.4, 0.5) is 0 Å². The molecule has 1 N–H and O–H groups in total. The fourth-order valence-corrected chi connectivity index (χ4v) is 2.77. The molecular weight excluding hydrogens is 286 g/mol. The molecular formula is C15H24ClN5. The minimum absolute atomic E-state index is 0.191. The summed E-state index contributed by atoms with van der Waals surface area (Å²) in [6.07, 6.45) is 5.65. The zero-order valence-electron chi connectivity index (χ0n) is 13.2. The predicted octanol–water partition coefficient (Wildman–Crippen LogP) is 2.88. The van der Waals surface area contributed by atoms with Gasteiger partial charge in [0.2, 0.25) is 0 Å². The zero-order valence-corrected chi connectivity index (χ0v) is 14.0. The van der Waals surface area contributed by atoms with Gasteiger partial charge in [-0.15, -0.1) is 0 Å². The largest absolute Gasteiger partial charge is 0.336 e. The molecule has 2 heterocycles. The first-order valence-electron chi connectivity index (χ1n) is 7.49. The summed E-state index contributed by atoms with van der Waals surface area (Å²) in [5.74, 6) is 0. The number of nitrogens with zero attached hydrogens (tertiary/aromatic N) is 4. The lowest BCUT2D eigenvalue weighted by molar-refractivity contribution is 0.483. The summed E-state index contributed by atoms with van der Waals surface area (Å²) in [4.78, 5) is 4.23. The summed E-state index contributed by atoms with van der Waals surface area (Å²) in [5, 5.41) is 8.87. The van der Waals surface area contributed by atoms with Gasteiger partial charge in [-0.2, -0.15) is 5.10 Å². The Morgan fingerprint density at radius 1 is 1.38 bits per heavy atom. The van der Waals surface area contributed by atoms with Crippen LogP contribution in [0.1, 0.15) is 43.4 Å². The number of imidazole rings is 1. The molecule has 0 saturated heterocycles. The Hall–Kier alpha value is -1.33. The number of rotatable bonds is 7. The predicted molar refractivity (Wildman–Crippen MR) is 85.6 cm³/mol. The van der Waals surface area contributed by atoms with E-state index in [1.807, 2.05) is 31.2 Å². The molecule has 116 valence electrons. The molecule has 0 aromatic carbocycles. The van der Waals surface area contributed by atoms with Gasteiger partial charge >= 0.3 is 0 Å². The van der Waals surface area contributed by atoms with Gasteiger partial charge in [0.05, 0.1) is 34.5 Å². The van der Waals surface area contributed by atoms with E-state index in [4.69, 9.17) is 11.6 Å². The topological polar surface area (TPSA) is 47.7 Å². The van der Waals surface area contributed by atoms with E-state index in [1.54, 1.807) is 0 Å². The monoisotopic (exact) mass is 309 g/mol. The second kappa shape index (κ2) is 7.09. The van der Waals surface area contributed by atoms with E-state index < -0.39 is 0 Å². The van der Waals surface area contributed by atoms with E-state index in [0.717, 1.165) is 42.3 Å². The quantitative estimate of drug-likeness (QED) is 0.855. The smallest absolute Gasteiger partial charge is 0.0946 e. The molecule has 0 amide bonds. The van der Waals surface area contributed by atoms with Crippen LogP contribution in [0, 0.1) is 6.92 Å². The van der Waals surface area contributed by atoms with E-state index in [9.17, 15) is 0 Å². The van der Waals surface area contributed by atoms with Crippen molar-refractivity contribution in [1.29, 1.82) is 0 Å². The summed E-state index contributed by atoms with van der Waals surface area (Å²) in [6.45, 7) is 8.00. The third-order valence-electron chi connectivity index (χ3n) is 3.70. The first kappa shape index (κ1) is 16.0. The third-order valence-corrected chi connectivity index (χ3v) is 4.19. The Labute approximate surface area is 131 Å². The molecule has 0 bridgehead atoms. The Morgan fingerprint density at radius 3 is 2.71 bits per heavy atom. The molecule has 21 heavy (non-hydrogen) atoms. The van der Waals surface area contributed by atoms with Gasteiger partial charge < -0.3 is 9.88 Å². The number of nitrogens with one attached hydrogen (secondary N) is 1. The second-order valence-corrected chi connectivity index (χ2v) is 5.68. The van der Waals surface area contributed by atoms with Crippen LogP contribution in [0.25, 0.3) is 0 Å². The normalized spacial score (nSPS) is 12.8. The number of halogens is 1. The lowest BCUT2D eigenvalue weighted by atomic mass is 10.1. The number of aromatic nitrogens is 4. The van der Waals surface area contributed by atoms with Crippen molar-refractivity contribution in [2.45, 2.75) is 46.2 Å². The van der Waals surface area contributed by atoms with Crippen molar-refractivity contribution in [1.82, 2.24) is 24.6 Å². The lowest BCUT2D eigenvalue weighted by Crippen LogP contribution is -2.27. The molecule has 2 aromatic heterocycles. The van der Waals surface area contributed by atoms with E-state index in [1.165, 1.54) is 5.69 Å². The zero-order chi connectivity index (χ0) is 15.4. The molecule has 5 nitrogen and oxygen atoms in total.